The zero-order chi connectivity index (χ0) is 13.7. The van der Waals surface area contributed by atoms with Crippen LogP contribution in [0.25, 0.3) is 0 Å². The molecule has 7 nitrogen and oxygen atoms in total. The van der Waals surface area contributed by atoms with Crippen LogP contribution in [0, 0.1) is 5.92 Å². The second kappa shape index (κ2) is 6.88. The number of hydrogen-bond donors (Lipinski definition) is 2. The maximum absolute atomic E-state index is 5.42. The van der Waals surface area contributed by atoms with E-state index in [1.807, 2.05) is 0 Å². The summed E-state index contributed by atoms with van der Waals surface area (Å²) in [5.41, 5.74) is 2.50. The average Bonchev–Trinajstić information content (AvgIpc) is 2.45. The van der Waals surface area contributed by atoms with Crippen molar-refractivity contribution in [3.05, 3.63) is 0 Å². The molecule has 1 fully saturated rings. The van der Waals surface area contributed by atoms with E-state index >= 15 is 0 Å². The topological polar surface area (TPSA) is 89.2 Å². The summed E-state index contributed by atoms with van der Waals surface area (Å²) < 4.78 is 5.33. The third-order valence-electron chi connectivity index (χ3n) is 2.57. The summed E-state index contributed by atoms with van der Waals surface area (Å²) in [6.45, 7) is 7.32. The van der Waals surface area contributed by atoms with Crippen molar-refractivity contribution in [2.24, 2.45) is 11.8 Å². The Morgan fingerprint density at radius 1 is 1.32 bits per heavy atom. The Labute approximate surface area is 117 Å². The van der Waals surface area contributed by atoms with E-state index in [1.54, 1.807) is 11.8 Å². The predicted molar refractivity (Wildman–Crippen MR) is 76.2 cm³/mol. The van der Waals surface area contributed by atoms with Gasteiger partial charge in [0.25, 0.3) is 0 Å². The first-order valence-corrected chi connectivity index (χ1v) is 7.36. The zero-order valence-electron chi connectivity index (χ0n) is 11.3. The molecular weight excluding hydrogens is 264 g/mol. The van der Waals surface area contributed by atoms with E-state index < -0.39 is 0 Å². The van der Waals surface area contributed by atoms with Gasteiger partial charge in [0.1, 0.15) is 0 Å². The van der Waals surface area contributed by atoms with Crippen LogP contribution in [0.1, 0.15) is 13.8 Å². The van der Waals surface area contributed by atoms with Crippen molar-refractivity contribution in [2.45, 2.75) is 19.0 Å². The first kappa shape index (κ1) is 14.3. The molecule has 0 bridgehead atoms. The molecule has 2 heterocycles. The number of hydrazine groups is 1. The normalized spacial score (nSPS) is 15.9. The second-order valence-corrected chi connectivity index (χ2v) is 5.68. The molecule has 1 aliphatic heterocycles. The highest BCUT2D eigenvalue weighted by molar-refractivity contribution is 7.99. The van der Waals surface area contributed by atoms with Gasteiger partial charge >= 0.3 is 0 Å². The number of anilines is 2. The minimum Gasteiger partial charge on any atom is -0.378 e. The summed E-state index contributed by atoms with van der Waals surface area (Å²) in [4.78, 5) is 15.1. The lowest BCUT2D eigenvalue weighted by molar-refractivity contribution is 0.122. The number of aromatic nitrogens is 3. The van der Waals surface area contributed by atoms with Gasteiger partial charge in [-0.3, -0.25) is 5.43 Å². The van der Waals surface area contributed by atoms with Gasteiger partial charge in [-0.25, -0.2) is 5.84 Å². The Hall–Kier alpha value is -1.12. The van der Waals surface area contributed by atoms with Crippen molar-refractivity contribution in [1.82, 2.24) is 15.0 Å². The van der Waals surface area contributed by atoms with E-state index in [1.165, 1.54) is 0 Å². The van der Waals surface area contributed by atoms with E-state index in [9.17, 15) is 0 Å². The Morgan fingerprint density at radius 3 is 2.68 bits per heavy atom. The summed E-state index contributed by atoms with van der Waals surface area (Å²) >= 11 is 1.62. The number of nitrogens with two attached hydrogens (primary N) is 1. The molecule has 0 amide bonds. The summed E-state index contributed by atoms with van der Waals surface area (Å²) in [5.74, 6) is 8.04. The number of hydrogen-bond acceptors (Lipinski definition) is 8. The van der Waals surface area contributed by atoms with E-state index in [2.05, 4.69) is 39.1 Å². The predicted octanol–water partition coefficient (Wildman–Crippen LogP) is 0.742. The van der Waals surface area contributed by atoms with Crippen molar-refractivity contribution < 1.29 is 4.74 Å². The molecule has 0 aliphatic carbocycles. The maximum Gasteiger partial charge on any atom is 0.242 e. The number of nitrogens with one attached hydrogen (secondary N) is 1. The summed E-state index contributed by atoms with van der Waals surface area (Å²) in [5, 5.41) is 0.707. The van der Waals surface area contributed by atoms with Crippen LogP contribution < -0.4 is 16.2 Å². The summed E-state index contributed by atoms with van der Waals surface area (Å²) in [6, 6.07) is 0. The molecule has 1 aromatic rings. The molecule has 2 rings (SSSR count). The van der Waals surface area contributed by atoms with Crippen LogP contribution in [-0.2, 0) is 4.74 Å². The fraction of sp³-hybridized carbons (Fsp3) is 0.727. The van der Waals surface area contributed by atoms with Gasteiger partial charge in [-0.05, 0) is 5.92 Å². The minimum absolute atomic E-state index is 0.405. The van der Waals surface area contributed by atoms with Crippen molar-refractivity contribution >= 4 is 23.7 Å². The Kier molecular flexibility index (Phi) is 5.17. The van der Waals surface area contributed by atoms with Gasteiger partial charge in [-0.15, -0.1) is 0 Å². The highest BCUT2D eigenvalue weighted by atomic mass is 32.2. The van der Waals surface area contributed by atoms with Gasteiger partial charge in [0.05, 0.1) is 13.2 Å². The first-order valence-electron chi connectivity index (χ1n) is 6.37. The average molecular weight is 284 g/mol. The molecule has 1 aromatic heterocycles. The Balaban J connectivity index is 2.14. The van der Waals surface area contributed by atoms with Gasteiger partial charge in [0, 0.05) is 18.8 Å². The van der Waals surface area contributed by atoms with Gasteiger partial charge in [0.15, 0.2) is 5.16 Å². The molecular formula is C11H20N6OS. The SMILES string of the molecule is CC(C)CSc1nc(NN)nc(N2CCOCC2)n1. The molecule has 1 saturated heterocycles. The van der Waals surface area contributed by atoms with Crippen molar-refractivity contribution in [3.8, 4) is 0 Å². The van der Waals surface area contributed by atoms with Crippen LogP contribution in [0.5, 0.6) is 0 Å². The van der Waals surface area contributed by atoms with Crippen LogP contribution in [0.2, 0.25) is 0 Å². The van der Waals surface area contributed by atoms with Crippen LogP contribution in [0.4, 0.5) is 11.9 Å². The third kappa shape index (κ3) is 4.19. The fourth-order valence-corrected chi connectivity index (χ4v) is 2.40. The lowest BCUT2D eigenvalue weighted by Crippen LogP contribution is -2.37. The number of ether oxygens (including phenoxy) is 1. The minimum atomic E-state index is 0.405. The molecule has 106 valence electrons. The molecule has 1 aliphatic rings. The van der Waals surface area contributed by atoms with Crippen molar-refractivity contribution in [1.29, 1.82) is 0 Å². The van der Waals surface area contributed by atoms with Gasteiger partial charge in [0.2, 0.25) is 11.9 Å². The largest absolute Gasteiger partial charge is 0.378 e. The lowest BCUT2D eigenvalue weighted by atomic mass is 10.3. The lowest BCUT2D eigenvalue weighted by Gasteiger charge is -2.26. The molecule has 8 heteroatoms. The molecule has 0 radical (unpaired) electrons. The van der Waals surface area contributed by atoms with Crippen molar-refractivity contribution in [2.75, 3.05) is 42.4 Å². The molecule has 3 N–H and O–H groups in total. The van der Waals surface area contributed by atoms with Crippen LogP contribution in [-0.4, -0.2) is 47.0 Å². The molecule has 19 heavy (non-hydrogen) atoms. The van der Waals surface area contributed by atoms with Gasteiger partial charge in [-0.2, -0.15) is 15.0 Å². The molecule has 0 spiro atoms. The zero-order valence-corrected chi connectivity index (χ0v) is 12.1. The molecule has 0 saturated carbocycles. The molecule has 0 atom stereocenters. The smallest absolute Gasteiger partial charge is 0.242 e. The Bertz CT molecular complexity index is 410. The highest BCUT2D eigenvalue weighted by Crippen LogP contribution is 2.20. The van der Waals surface area contributed by atoms with E-state index in [0.29, 0.717) is 36.2 Å². The number of thioether (sulfide) groups is 1. The summed E-state index contributed by atoms with van der Waals surface area (Å²) in [6.07, 6.45) is 0. The standard InChI is InChI=1S/C11H20N6OS/c1-8(2)7-19-11-14-9(16-12)13-10(15-11)17-3-5-18-6-4-17/h8H,3-7,12H2,1-2H3,(H,13,14,15,16). The molecule has 0 unspecified atom stereocenters. The first-order chi connectivity index (χ1) is 9.19. The van der Waals surface area contributed by atoms with Crippen molar-refractivity contribution in [3.63, 3.8) is 0 Å². The number of nitrogen functional groups attached to an aromatic ring is 1. The number of morpholine rings is 1. The highest BCUT2D eigenvalue weighted by Gasteiger charge is 2.16. The Morgan fingerprint density at radius 2 is 2.05 bits per heavy atom. The number of rotatable bonds is 5. The monoisotopic (exact) mass is 284 g/mol. The van der Waals surface area contributed by atoms with Crippen LogP contribution in [0.15, 0.2) is 5.16 Å². The van der Waals surface area contributed by atoms with E-state index in [4.69, 9.17) is 10.6 Å². The van der Waals surface area contributed by atoms with E-state index in [-0.39, 0.29) is 0 Å². The molecule has 0 aromatic carbocycles. The van der Waals surface area contributed by atoms with Crippen LogP contribution in [0.3, 0.4) is 0 Å². The fourth-order valence-electron chi connectivity index (χ4n) is 1.62. The quantitative estimate of drug-likeness (QED) is 0.465. The van der Waals surface area contributed by atoms with Gasteiger partial charge in [-0.1, -0.05) is 25.6 Å². The van der Waals surface area contributed by atoms with Gasteiger partial charge < -0.3 is 9.64 Å². The van der Waals surface area contributed by atoms with Crippen LogP contribution >= 0.6 is 11.8 Å². The number of nitrogens with zero attached hydrogens (tertiary/aromatic N) is 4. The summed E-state index contributed by atoms with van der Waals surface area (Å²) in [7, 11) is 0. The van der Waals surface area contributed by atoms with E-state index in [0.717, 1.165) is 18.8 Å². The maximum atomic E-state index is 5.42. The third-order valence-corrected chi connectivity index (χ3v) is 3.85. The second-order valence-electron chi connectivity index (χ2n) is 4.69.